The number of nitrogens with zero attached hydrogens (tertiary/aromatic N) is 1. The van der Waals surface area contributed by atoms with Crippen LogP contribution < -0.4 is 5.32 Å². The van der Waals surface area contributed by atoms with Gasteiger partial charge in [-0.2, -0.15) is 11.8 Å². The van der Waals surface area contributed by atoms with Crippen molar-refractivity contribution in [3.05, 3.63) is 29.0 Å². The van der Waals surface area contributed by atoms with Crippen molar-refractivity contribution in [2.45, 2.75) is 30.6 Å². The largest absolute Gasteiger partial charge is 0.311 e. The summed E-state index contributed by atoms with van der Waals surface area (Å²) >= 11 is 8.04. The van der Waals surface area contributed by atoms with Crippen LogP contribution in [0.1, 0.15) is 24.8 Å². The number of aromatic nitrogens is 1. The SMILES string of the molecule is CSC1(CNCc2ccncc2Cl)CCC1. The highest BCUT2D eigenvalue weighted by Gasteiger charge is 2.35. The maximum absolute atomic E-state index is 6.05. The van der Waals surface area contributed by atoms with Crippen molar-refractivity contribution in [1.29, 1.82) is 0 Å². The van der Waals surface area contributed by atoms with Crippen LogP contribution in [-0.2, 0) is 6.54 Å². The predicted octanol–water partition coefficient (Wildman–Crippen LogP) is 3.11. The number of hydrogen-bond donors (Lipinski definition) is 1. The van der Waals surface area contributed by atoms with E-state index in [9.17, 15) is 0 Å². The van der Waals surface area contributed by atoms with Gasteiger partial charge in [-0.25, -0.2) is 0 Å². The van der Waals surface area contributed by atoms with E-state index in [4.69, 9.17) is 11.6 Å². The second-order valence-corrected chi connectivity index (χ2v) is 5.99. The van der Waals surface area contributed by atoms with Crippen LogP contribution in [-0.4, -0.2) is 22.5 Å². The average Bonchev–Trinajstić information content (AvgIpc) is 2.25. The number of hydrogen-bond acceptors (Lipinski definition) is 3. The molecule has 0 aromatic carbocycles. The second-order valence-electron chi connectivity index (χ2n) is 4.31. The van der Waals surface area contributed by atoms with Crippen LogP contribution >= 0.6 is 23.4 Å². The molecule has 0 bridgehead atoms. The van der Waals surface area contributed by atoms with Crippen LogP contribution in [0.5, 0.6) is 0 Å². The van der Waals surface area contributed by atoms with Crippen molar-refractivity contribution in [3.63, 3.8) is 0 Å². The van der Waals surface area contributed by atoms with E-state index in [0.717, 1.165) is 23.7 Å². The van der Waals surface area contributed by atoms with Crippen LogP contribution in [0.25, 0.3) is 0 Å². The molecule has 2 nitrogen and oxygen atoms in total. The lowest BCUT2D eigenvalue weighted by atomic mass is 9.84. The predicted molar refractivity (Wildman–Crippen MR) is 71.1 cm³/mol. The Hall–Kier alpha value is -0.250. The van der Waals surface area contributed by atoms with E-state index in [1.54, 1.807) is 12.4 Å². The van der Waals surface area contributed by atoms with E-state index < -0.39 is 0 Å². The van der Waals surface area contributed by atoms with Gasteiger partial charge in [0.1, 0.15) is 0 Å². The third-order valence-electron chi connectivity index (χ3n) is 3.32. The average molecular weight is 257 g/mol. The summed E-state index contributed by atoms with van der Waals surface area (Å²) in [6, 6.07) is 1.97. The van der Waals surface area contributed by atoms with E-state index in [2.05, 4.69) is 16.6 Å². The molecule has 0 amide bonds. The standard InChI is InChI=1S/C12H17ClN2S/c1-16-12(4-2-5-12)9-15-7-10-3-6-14-8-11(10)13/h3,6,8,15H,2,4-5,7,9H2,1H3. The summed E-state index contributed by atoms with van der Waals surface area (Å²) in [5, 5.41) is 4.25. The molecule has 0 radical (unpaired) electrons. The zero-order valence-corrected chi connectivity index (χ0v) is 11.1. The molecule has 1 aliphatic carbocycles. The van der Waals surface area contributed by atoms with Gasteiger partial charge < -0.3 is 5.32 Å². The van der Waals surface area contributed by atoms with Crippen LogP contribution in [0.15, 0.2) is 18.5 Å². The van der Waals surface area contributed by atoms with Crippen LogP contribution in [0.2, 0.25) is 5.02 Å². The van der Waals surface area contributed by atoms with Gasteiger partial charge in [-0.15, -0.1) is 0 Å². The summed E-state index contributed by atoms with van der Waals surface area (Å²) in [7, 11) is 0. The maximum Gasteiger partial charge on any atom is 0.0634 e. The summed E-state index contributed by atoms with van der Waals surface area (Å²) in [4.78, 5) is 3.98. The maximum atomic E-state index is 6.05. The van der Waals surface area contributed by atoms with Gasteiger partial charge in [-0.3, -0.25) is 4.98 Å². The van der Waals surface area contributed by atoms with Gasteiger partial charge in [0, 0.05) is 30.2 Å². The highest BCUT2D eigenvalue weighted by atomic mass is 35.5. The van der Waals surface area contributed by atoms with Gasteiger partial charge in [0.15, 0.2) is 0 Å². The molecule has 4 heteroatoms. The highest BCUT2D eigenvalue weighted by Crippen LogP contribution is 2.42. The molecule has 1 heterocycles. The highest BCUT2D eigenvalue weighted by molar-refractivity contribution is 8.00. The minimum atomic E-state index is 0.486. The van der Waals surface area contributed by atoms with Crippen LogP contribution in [0, 0.1) is 0 Å². The van der Waals surface area contributed by atoms with E-state index >= 15 is 0 Å². The van der Waals surface area contributed by atoms with E-state index in [1.165, 1.54) is 19.3 Å². The van der Waals surface area contributed by atoms with Gasteiger partial charge in [0.2, 0.25) is 0 Å². The Kier molecular flexibility index (Phi) is 4.11. The zero-order valence-electron chi connectivity index (χ0n) is 9.50. The molecule has 0 aliphatic heterocycles. The number of pyridine rings is 1. The lowest BCUT2D eigenvalue weighted by Gasteiger charge is -2.40. The number of nitrogens with one attached hydrogen (secondary N) is 1. The lowest BCUT2D eigenvalue weighted by molar-refractivity contribution is 0.345. The molecule has 16 heavy (non-hydrogen) atoms. The minimum absolute atomic E-state index is 0.486. The van der Waals surface area contributed by atoms with Gasteiger partial charge >= 0.3 is 0 Å². The Bertz CT molecular complexity index is 347. The summed E-state index contributed by atoms with van der Waals surface area (Å²) < 4.78 is 0.486. The molecule has 1 saturated carbocycles. The summed E-state index contributed by atoms with van der Waals surface area (Å²) in [6.07, 6.45) is 9.75. The molecule has 1 aliphatic rings. The molecule has 0 atom stereocenters. The molecule has 0 saturated heterocycles. The number of thioether (sulfide) groups is 1. The molecule has 1 fully saturated rings. The quantitative estimate of drug-likeness (QED) is 0.876. The third kappa shape index (κ3) is 2.70. The van der Waals surface area contributed by atoms with Gasteiger partial charge in [-0.1, -0.05) is 18.0 Å². The molecule has 88 valence electrons. The van der Waals surface area contributed by atoms with Crippen molar-refractivity contribution < 1.29 is 0 Å². The first-order valence-electron chi connectivity index (χ1n) is 5.60. The van der Waals surface area contributed by atoms with Gasteiger partial charge in [-0.05, 0) is 30.7 Å². The van der Waals surface area contributed by atoms with Gasteiger partial charge in [0.25, 0.3) is 0 Å². The monoisotopic (exact) mass is 256 g/mol. The van der Waals surface area contributed by atoms with Crippen molar-refractivity contribution in [2.75, 3.05) is 12.8 Å². The second kappa shape index (κ2) is 5.39. The molecule has 0 unspecified atom stereocenters. The van der Waals surface area contributed by atoms with Crippen molar-refractivity contribution in [2.24, 2.45) is 0 Å². The fourth-order valence-electron chi connectivity index (χ4n) is 2.00. The fraction of sp³-hybridized carbons (Fsp3) is 0.583. The molecular formula is C12H17ClN2S. The normalized spacial score (nSPS) is 18.1. The fourth-order valence-corrected chi connectivity index (χ4v) is 3.13. The Morgan fingerprint density at radius 3 is 2.94 bits per heavy atom. The summed E-state index contributed by atoms with van der Waals surface area (Å²) in [6.45, 7) is 1.91. The van der Waals surface area contributed by atoms with Crippen LogP contribution in [0.3, 0.4) is 0 Å². The summed E-state index contributed by atoms with van der Waals surface area (Å²) in [5.74, 6) is 0. The Labute approximate surface area is 106 Å². The van der Waals surface area contributed by atoms with Crippen molar-refractivity contribution in [1.82, 2.24) is 10.3 Å². The van der Waals surface area contributed by atoms with E-state index in [0.29, 0.717) is 4.75 Å². The molecule has 1 aromatic rings. The van der Waals surface area contributed by atoms with Crippen LogP contribution in [0.4, 0.5) is 0 Å². The first-order chi connectivity index (χ1) is 7.76. The lowest BCUT2D eigenvalue weighted by Crippen LogP contribution is -2.43. The molecule has 2 rings (SSSR count). The molecule has 0 spiro atoms. The van der Waals surface area contributed by atoms with Crippen molar-refractivity contribution >= 4 is 23.4 Å². The molecule has 1 N–H and O–H groups in total. The first-order valence-corrected chi connectivity index (χ1v) is 7.20. The van der Waals surface area contributed by atoms with E-state index in [1.807, 2.05) is 17.8 Å². The van der Waals surface area contributed by atoms with Crippen molar-refractivity contribution in [3.8, 4) is 0 Å². The molecule has 1 aromatic heterocycles. The Morgan fingerprint density at radius 1 is 1.56 bits per heavy atom. The summed E-state index contributed by atoms with van der Waals surface area (Å²) in [5.41, 5.74) is 1.13. The van der Waals surface area contributed by atoms with E-state index in [-0.39, 0.29) is 0 Å². The third-order valence-corrected chi connectivity index (χ3v) is 5.08. The Morgan fingerprint density at radius 2 is 2.38 bits per heavy atom. The first kappa shape index (κ1) is 12.2. The number of rotatable bonds is 5. The topological polar surface area (TPSA) is 24.9 Å². The minimum Gasteiger partial charge on any atom is -0.311 e. The smallest absolute Gasteiger partial charge is 0.0634 e. The number of halogens is 1. The Balaban J connectivity index is 1.82. The zero-order chi connectivity index (χ0) is 11.4. The molecular weight excluding hydrogens is 240 g/mol. The van der Waals surface area contributed by atoms with Gasteiger partial charge in [0.05, 0.1) is 5.02 Å².